The van der Waals surface area contributed by atoms with Gasteiger partial charge in [-0.1, -0.05) is 18.9 Å². The summed E-state index contributed by atoms with van der Waals surface area (Å²) in [6.07, 6.45) is 7.51. The molecule has 6 nitrogen and oxygen atoms in total. The SMILES string of the molecule is CN(C)C(=O)C1(CNC(=O)Nc2cccc(N3CCCCC3)c2)CCCC1. The first-order valence-corrected chi connectivity index (χ1v) is 10.1. The first-order chi connectivity index (χ1) is 13.0. The normalized spacial score (nSPS) is 18.8. The van der Waals surface area contributed by atoms with Crippen LogP contribution in [0.4, 0.5) is 16.2 Å². The molecule has 2 fully saturated rings. The van der Waals surface area contributed by atoms with Crippen molar-refractivity contribution >= 4 is 23.3 Å². The van der Waals surface area contributed by atoms with Crippen LogP contribution in [0, 0.1) is 5.41 Å². The van der Waals surface area contributed by atoms with E-state index in [1.165, 1.54) is 19.3 Å². The van der Waals surface area contributed by atoms with E-state index in [1.54, 1.807) is 19.0 Å². The number of hydrogen-bond donors (Lipinski definition) is 2. The molecule has 3 amide bonds. The topological polar surface area (TPSA) is 64.7 Å². The fraction of sp³-hybridized carbons (Fsp3) is 0.619. The summed E-state index contributed by atoms with van der Waals surface area (Å²) in [5, 5.41) is 5.87. The summed E-state index contributed by atoms with van der Waals surface area (Å²) in [6.45, 7) is 2.54. The molecule has 0 atom stereocenters. The zero-order valence-electron chi connectivity index (χ0n) is 16.6. The first-order valence-electron chi connectivity index (χ1n) is 10.1. The molecule has 1 saturated carbocycles. The van der Waals surface area contributed by atoms with Crippen LogP contribution in [0.25, 0.3) is 0 Å². The first kappa shape index (κ1) is 19.5. The number of rotatable bonds is 5. The van der Waals surface area contributed by atoms with Gasteiger partial charge in [-0.2, -0.15) is 0 Å². The van der Waals surface area contributed by atoms with Crippen molar-refractivity contribution in [2.45, 2.75) is 44.9 Å². The van der Waals surface area contributed by atoms with E-state index in [4.69, 9.17) is 0 Å². The maximum atomic E-state index is 12.6. The molecule has 2 N–H and O–H groups in total. The molecule has 1 aliphatic heterocycles. The number of carbonyl (C=O) groups excluding carboxylic acids is 2. The highest BCUT2D eigenvalue weighted by atomic mass is 16.2. The van der Waals surface area contributed by atoms with E-state index in [2.05, 4.69) is 21.6 Å². The lowest BCUT2D eigenvalue weighted by atomic mass is 9.84. The quantitative estimate of drug-likeness (QED) is 0.832. The van der Waals surface area contributed by atoms with Crippen molar-refractivity contribution in [2.75, 3.05) is 43.9 Å². The average molecular weight is 373 g/mol. The van der Waals surface area contributed by atoms with Crippen LogP contribution in [0.1, 0.15) is 44.9 Å². The highest BCUT2D eigenvalue weighted by Crippen LogP contribution is 2.39. The van der Waals surface area contributed by atoms with Crippen LogP contribution in [-0.2, 0) is 4.79 Å². The molecular formula is C21H32N4O2. The van der Waals surface area contributed by atoms with Gasteiger partial charge in [-0.15, -0.1) is 0 Å². The van der Waals surface area contributed by atoms with Crippen molar-refractivity contribution in [1.82, 2.24) is 10.2 Å². The second-order valence-corrected chi connectivity index (χ2v) is 8.09. The number of nitrogens with one attached hydrogen (secondary N) is 2. The van der Waals surface area contributed by atoms with Crippen LogP contribution < -0.4 is 15.5 Å². The number of carbonyl (C=O) groups is 2. The van der Waals surface area contributed by atoms with Crippen molar-refractivity contribution < 1.29 is 9.59 Å². The van der Waals surface area contributed by atoms with Crippen molar-refractivity contribution in [3.63, 3.8) is 0 Å². The third-order valence-corrected chi connectivity index (χ3v) is 5.83. The van der Waals surface area contributed by atoms with Gasteiger partial charge in [-0.25, -0.2) is 4.79 Å². The number of benzene rings is 1. The molecule has 1 aliphatic carbocycles. The van der Waals surface area contributed by atoms with Gasteiger partial charge >= 0.3 is 6.03 Å². The van der Waals surface area contributed by atoms with E-state index in [0.29, 0.717) is 6.54 Å². The third-order valence-electron chi connectivity index (χ3n) is 5.83. The molecule has 1 aromatic carbocycles. The summed E-state index contributed by atoms with van der Waals surface area (Å²) >= 11 is 0. The van der Waals surface area contributed by atoms with Crippen LogP contribution >= 0.6 is 0 Å². The highest BCUT2D eigenvalue weighted by molar-refractivity contribution is 5.91. The Labute approximate surface area is 162 Å². The lowest BCUT2D eigenvalue weighted by molar-refractivity contribution is -0.138. The summed E-state index contributed by atoms with van der Waals surface area (Å²) in [7, 11) is 3.57. The number of amides is 3. The summed E-state index contributed by atoms with van der Waals surface area (Å²) < 4.78 is 0. The summed E-state index contributed by atoms with van der Waals surface area (Å²) in [5.74, 6) is 0.118. The van der Waals surface area contributed by atoms with Crippen molar-refractivity contribution in [3.05, 3.63) is 24.3 Å². The van der Waals surface area contributed by atoms with Crippen molar-refractivity contribution in [2.24, 2.45) is 5.41 Å². The van der Waals surface area contributed by atoms with E-state index in [-0.39, 0.29) is 11.9 Å². The lowest BCUT2D eigenvalue weighted by Gasteiger charge is -2.31. The average Bonchev–Trinajstić information content (AvgIpc) is 3.17. The van der Waals surface area contributed by atoms with E-state index in [9.17, 15) is 9.59 Å². The fourth-order valence-electron chi connectivity index (χ4n) is 4.35. The Balaban J connectivity index is 1.58. The van der Waals surface area contributed by atoms with E-state index in [0.717, 1.165) is 50.1 Å². The van der Waals surface area contributed by atoms with Crippen molar-refractivity contribution in [1.29, 1.82) is 0 Å². The largest absolute Gasteiger partial charge is 0.371 e. The van der Waals surface area contributed by atoms with Gasteiger partial charge in [0.25, 0.3) is 0 Å². The standard InChI is InChI=1S/C21H32N4O2/c1-24(2)19(26)21(11-4-5-12-21)16-22-20(27)23-17-9-8-10-18(15-17)25-13-6-3-7-14-25/h8-10,15H,3-7,11-14,16H2,1-2H3,(H2,22,23,27). The number of hydrogen-bond acceptors (Lipinski definition) is 3. The van der Waals surface area contributed by atoms with Gasteiger partial charge in [-0.05, 0) is 50.3 Å². The molecule has 148 valence electrons. The molecule has 6 heteroatoms. The summed E-state index contributed by atoms with van der Waals surface area (Å²) in [6, 6.07) is 7.76. The molecule has 0 radical (unpaired) electrons. The number of piperidine rings is 1. The van der Waals surface area contributed by atoms with Gasteiger partial charge in [0.15, 0.2) is 0 Å². The van der Waals surface area contributed by atoms with Crippen LogP contribution in [0.5, 0.6) is 0 Å². The fourth-order valence-corrected chi connectivity index (χ4v) is 4.35. The van der Waals surface area contributed by atoms with E-state index in [1.807, 2.05) is 18.2 Å². The van der Waals surface area contributed by atoms with Gasteiger partial charge in [0.1, 0.15) is 0 Å². The minimum atomic E-state index is -0.448. The van der Waals surface area contributed by atoms with Crippen molar-refractivity contribution in [3.8, 4) is 0 Å². The smallest absolute Gasteiger partial charge is 0.319 e. The molecule has 3 rings (SSSR count). The molecule has 1 saturated heterocycles. The monoisotopic (exact) mass is 372 g/mol. The summed E-state index contributed by atoms with van der Waals surface area (Å²) in [4.78, 5) is 29.1. The Morgan fingerprint density at radius 2 is 1.78 bits per heavy atom. The highest BCUT2D eigenvalue weighted by Gasteiger charge is 2.42. The molecule has 0 bridgehead atoms. The van der Waals surface area contributed by atoms with E-state index < -0.39 is 5.41 Å². The lowest BCUT2D eigenvalue weighted by Crippen LogP contribution is -2.47. The van der Waals surface area contributed by atoms with Gasteiger partial charge < -0.3 is 20.4 Å². The zero-order valence-corrected chi connectivity index (χ0v) is 16.6. The minimum Gasteiger partial charge on any atom is -0.371 e. The third kappa shape index (κ3) is 4.73. The van der Waals surface area contributed by atoms with Crippen LogP contribution in [-0.4, -0.2) is 50.6 Å². The van der Waals surface area contributed by atoms with Crippen LogP contribution in [0.2, 0.25) is 0 Å². The van der Waals surface area contributed by atoms with E-state index >= 15 is 0 Å². The minimum absolute atomic E-state index is 0.118. The molecule has 2 aliphatic rings. The molecule has 27 heavy (non-hydrogen) atoms. The molecule has 0 aromatic heterocycles. The number of nitrogens with zero attached hydrogens (tertiary/aromatic N) is 2. The molecule has 0 unspecified atom stereocenters. The molecule has 1 aromatic rings. The predicted octanol–water partition coefficient (Wildman–Crippen LogP) is 3.45. The predicted molar refractivity (Wildman–Crippen MR) is 109 cm³/mol. The Hall–Kier alpha value is -2.24. The van der Waals surface area contributed by atoms with Gasteiger partial charge in [0.05, 0.1) is 5.41 Å². The maximum absolute atomic E-state index is 12.6. The Morgan fingerprint density at radius 1 is 1.07 bits per heavy atom. The summed E-state index contributed by atoms with van der Waals surface area (Å²) in [5.41, 5.74) is 1.49. The Bertz CT molecular complexity index is 662. The zero-order chi connectivity index (χ0) is 19.3. The van der Waals surface area contributed by atoms with Gasteiger partial charge in [0.2, 0.25) is 5.91 Å². The number of urea groups is 1. The second-order valence-electron chi connectivity index (χ2n) is 8.09. The molecule has 1 heterocycles. The van der Waals surface area contributed by atoms with Crippen LogP contribution in [0.3, 0.4) is 0 Å². The molecule has 0 spiro atoms. The van der Waals surface area contributed by atoms with Gasteiger partial charge in [-0.3, -0.25) is 4.79 Å². The maximum Gasteiger partial charge on any atom is 0.319 e. The van der Waals surface area contributed by atoms with Crippen LogP contribution in [0.15, 0.2) is 24.3 Å². The van der Waals surface area contributed by atoms with Gasteiger partial charge in [0, 0.05) is 45.1 Å². The molecular weight excluding hydrogens is 340 g/mol. The number of anilines is 2. The Morgan fingerprint density at radius 3 is 2.44 bits per heavy atom. The Kier molecular flexibility index (Phi) is 6.24. The second kappa shape index (κ2) is 8.63.